The summed E-state index contributed by atoms with van der Waals surface area (Å²) in [5.41, 5.74) is 7.04. The van der Waals surface area contributed by atoms with Crippen LogP contribution in [0.5, 0.6) is 0 Å². The number of hydrogen-bond acceptors (Lipinski definition) is 3. The van der Waals surface area contributed by atoms with Gasteiger partial charge in [-0.1, -0.05) is 6.07 Å². The zero-order chi connectivity index (χ0) is 14.4. The predicted octanol–water partition coefficient (Wildman–Crippen LogP) is 2.12. The number of nitrogen functional groups attached to an aromatic ring is 1. The van der Waals surface area contributed by atoms with Crippen molar-refractivity contribution in [3.63, 3.8) is 0 Å². The number of piperidine rings is 1. The van der Waals surface area contributed by atoms with Gasteiger partial charge in [-0.05, 0) is 63.5 Å². The van der Waals surface area contributed by atoms with Crippen molar-refractivity contribution < 1.29 is 4.79 Å². The molecule has 5 nitrogen and oxygen atoms in total. The molecule has 0 bridgehead atoms. The molecule has 1 heterocycles. The van der Waals surface area contributed by atoms with E-state index in [0.29, 0.717) is 5.69 Å². The predicted molar refractivity (Wildman–Crippen MR) is 82.7 cm³/mol. The molecule has 0 spiro atoms. The number of hydrogen-bond donors (Lipinski definition) is 3. The number of carbonyl (C=O) groups is 1. The summed E-state index contributed by atoms with van der Waals surface area (Å²) in [5.74, 6) is 0.735. The van der Waals surface area contributed by atoms with Gasteiger partial charge in [-0.25, -0.2) is 4.79 Å². The molecule has 2 rings (SSSR count). The first-order valence-electron chi connectivity index (χ1n) is 7.22. The van der Waals surface area contributed by atoms with Crippen LogP contribution in [0.1, 0.15) is 19.3 Å². The Morgan fingerprint density at radius 1 is 1.40 bits per heavy atom. The lowest BCUT2D eigenvalue weighted by Gasteiger charge is -2.28. The SMILES string of the molecule is CN1CCC(CCNC(=O)Nc2cccc(N)c2)CC1. The number of likely N-dealkylation sites (tertiary alicyclic amines) is 1. The average Bonchev–Trinajstić information content (AvgIpc) is 2.41. The summed E-state index contributed by atoms with van der Waals surface area (Å²) < 4.78 is 0. The fraction of sp³-hybridized carbons (Fsp3) is 0.533. The van der Waals surface area contributed by atoms with E-state index in [1.165, 1.54) is 25.9 Å². The van der Waals surface area contributed by atoms with E-state index in [0.717, 1.165) is 24.6 Å². The third-order valence-corrected chi connectivity index (χ3v) is 3.82. The first kappa shape index (κ1) is 14.7. The van der Waals surface area contributed by atoms with E-state index >= 15 is 0 Å². The van der Waals surface area contributed by atoms with Crippen molar-refractivity contribution in [2.24, 2.45) is 5.92 Å². The van der Waals surface area contributed by atoms with Crippen LogP contribution in [0.4, 0.5) is 16.2 Å². The van der Waals surface area contributed by atoms with Crippen LogP contribution in [0.3, 0.4) is 0 Å². The number of rotatable bonds is 4. The summed E-state index contributed by atoms with van der Waals surface area (Å²) in [5, 5.41) is 5.69. The summed E-state index contributed by atoms with van der Waals surface area (Å²) >= 11 is 0. The molecule has 1 aliphatic rings. The fourth-order valence-corrected chi connectivity index (χ4v) is 2.53. The van der Waals surface area contributed by atoms with E-state index in [1.54, 1.807) is 12.1 Å². The molecule has 0 radical (unpaired) electrons. The van der Waals surface area contributed by atoms with E-state index in [1.807, 2.05) is 12.1 Å². The number of benzene rings is 1. The van der Waals surface area contributed by atoms with Gasteiger partial charge in [-0.15, -0.1) is 0 Å². The van der Waals surface area contributed by atoms with Gasteiger partial charge < -0.3 is 21.3 Å². The number of urea groups is 1. The van der Waals surface area contributed by atoms with Gasteiger partial charge in [0, 0.05) is 17.9 Å². The van der Waals surface area contributed by atoms with Crippen LogP contribution < -0.4 is 16.4 Å². The lowest BCUT2D eigenvalue weighted by atomic mass is 9.94. The van der Waals surface area contributed by atoms with Gasteiger partial charge in [0.1, 0.15) is 0 Å². The summed E-state index contributed by atoms with van der Waals surface area (Å²) in [6.07, 6.45) is 3.52. The molecule has 1 aromatic rings. The molecule has 2 amide bonds. The van der Waals surface area contributed by atoms with Gasteiger partial charge in [0.2, 0.25) is 0 Å². The molecule has 1 aliphatic heterocycles. The molecule has 5 heteroatoms. The Hall–Kier alpha value is -1.75. The molecule has 0 aromatic heterocycles. The molecule has 110 valence electrons. The quantitative estimate of drug-likeness (QED) is 0.738. The highest BCUT2D eigenvalue weighted by atomic mass is 16.2. The minimum atomic E-state index is -0.163. The van der Waals surface area contributed by atoms with Gasteiger partial charge in [0.15, 0.2) is 0 Å². The molecule has 0 unspecified atom stereocenters. The van der Waals surface area contributed by atoms with E-state index in [4.69, 9.17) is 5.73 Å². The Morgan fingerprint density at radius 3 is 2.85 bits per heavy atom. The highest BCUT2D eigenvalue weighted by molar-refractivity contribution is 5.89. The molecular weight excluding hydrogens is 252 g/mol. The van der Waals surface area contributed by atoms with Crippen LogP contribution in [0.25, 0.3) is 0 Å². The largest absolute Gasteiger partial charge is 0.399 e. The second-order valence-corrected chi connectivity index (χ2v) is 5.54. The standard InChI is InChI=1S/C15H24N4O/c1-19-9-6-12(7-10-19)5-8-17-15(20)18-14-4-2-3-13(16)11-14/h2-4,11-12H,5-10,16H2,1H3,(H2,17,18,20). The van der Waals surface area contributed by atoms with Crippen molar-refractivity contribution in [2.45, 2.75) is 19.3 Å². The Morgan fingerprint density at radius 2 is 2.15 bits per heavy atom. The molecular formula is C15H24N4O. The van der Waals surface area contributed by atoms with Gasteiger partial charge in [-0.2, -0.15) is 0 Å². The van der Waals surface area contributed by atoms with Crippen LogP contribution >= 0.6 is 0 Å². The zero-order valence-electron chi connectivity index (χ0n) is 12.1. The van der Waals surface area contributed by atoms with Crippen LogP contribution in [-0.4, -0.2) is 37.6 Å². The van der Waals surface area contributed by atoms with Crippen LogP contribution in [-0.2, 0) is 0 Å². The second-order valence-electron chi connectivity index (χ2n) is 5.54. The summed E-state index contributed by atoms with van der Waals surface area (Å²) in [6, 6.07) is 7.03. The molecule has 1 fully saturated rings. The molecule has 1 saturated heterocycles. The number of amides is 2. The zero-order valence-corrected chi connectivity index (χ0v) is 12.1. The van der Waals surface area contributed by atoms with Crippen molar-refractivity contribution in [3.8, 4) is 0 Å². The molecule has 0 saturated carbocycles. The number of carbonyl (C=O) groups excluding carboxylic acids is 1. The van der Waals surface area contributed by atoms with Crippen LogP contribution in [0.2, 0.25) is 0 Å². The lowest BCUT2D eigenvalue weighted by Crippen LogP contribution is -2.34. The maximum absolute atomic E-state index is 11.7. The monoisotopic (exact) mass is 276 g/mol. The minimum Gasteiger partial charge on any atom is -0.399 e. The molecule has 4 N–H and O–H groups in total. The first-order chi connectivity index (χ1) is 9.63. The Balaban J connectivity index is 1.65. The Labute approximate surface area is 120 Å². The first-order valence-corrected chi connectivity index (χ1v) is 7.22. The highest BCUT2D eigenvalue weighted by Crippen LogP contribution is 2.18. The molecule has 20 heavy (non-hydrogen) atoms. The minimum absolute atomic E-state index is 0.163. The van der Waals surface area contributed by atoms with E-state index < -0.39 is 0 Å². The van der Waals surface area contributed by atoms with Gasteiger partial charge >= 0.3 is 6.03 Å². The summed E-state index contributed by atoms with van der Waals surface area (Å²) in [4.78, 5) is 14.1. The highest BCUT2D eigenvalue weighted by Gasteiger charge is 2.16. The average molecular weight is 276 g/mol. The number of nitrogens with zero attached hydrogens (tertiary/aromatic N) is 1. The van der Waals surface area contributed by atoms with Crippen molar-refractivity contribution >= 4 is 17.4 Å². The maximum Gasteiger partial charge on any atom is 0.319 e. The molecule has 0 atom stereocenters. The number of nitrogens with two attached hydrogens (primary N) is 1. The summed E-state index contributed by atoms with van der Waals surface area (Å²) in [7, 11) is 2.16. The Bertz CT molecular complexity index is 441. The Kier molecular flexibility index (Phi) is 5.24. The van der Waals surface area contributed by atoms with Gasteiger partial charge in [-0.3, -0.25) is 0 Å². The van der Waals surface area contributed by atoms with Gasteiger partial charge in [0.05, 0.1) is 0 Å². The van der Waals surface area contributed by atoms with Crippen LogP contribution in [0, 0.1) is 5.92 Å². The topological polar surface area (TPSA) is 70.4 Å². The second kappa shape index (κ2) is 7.14. The normalized spacial score (nSPS) is 16.9. The van der Waals surface area contributed by atoms with E-state index in [-0.39, 0.29) is 6.03 Å². The third-order valence-electron chi connectivity index (χ3n) is 3.82. The third kappa shape index (κ3) is 4.74. The summed E-state index contributed by atoms with van der Waals surface area (Å²) in [6.45, 7) is 3.06. The van der Waals surface area contributed by atoms with Crippen molar-refractivity contribution in [2.75, 3.05) is 37.7 Å². The van der Waals surface area contributed by atoms with Crippen LogP contribution in [0.15, 0.2) is 24.3 Å². The molecule has 0 aliphatic carbocycles. The van der Waals surface area contributed by atoms with E-state index in [2.05, 4.69) is 22.6 Å². The smallest absolute Gasteiger partial charge is 0.319 e. The number of anilines is 2. The van der Waals surface area contributed by atoms with Gasteiger partial charge in [0.25, 0.3) is 0 Å². The van der Waals surface area contributed by atoms with Crippen molar-refractivity contribution in [1.29, 1.82) is 0 Å². The van der Waals surface area contributed by atoms with E-state index in [9.17, 15) is 4.79 Å². The lowest BCUT2D eigenvalue weighted by molar-refractivity contribution is 0.211. The molecule has 1 aromatic carbocycles. The van der Waals surface area contributed by atoms with Crippen molar-refractivity contribution in [3.05, 3.63) is 24.3 Å². The number of nitrogens with one attached hydrogen (secondary N) is 2. The maximum atomic E-state index is 11.7. The fourth-order valence-electron chi connectivity index (χ4n) is 2.53. The van der Waals surface area contributed by atoms with Crippen molar-refractivity contribution in [1.82, 2.24) is 10.2 Å².